The Morgan fingerprint density at radius 1 is 1.32 bits per heavy atom. The normalized spacial score (nSPS) is 26.9. The molecule has 0 radical (unpaired) electrons. The molecule has 98 valence electrons. The van der Waals surface area contributed by atoms with Gasteiger partial charge in [0.15, 0.2) is 9.84 Å². The van der Waals surface area contributed by atoms with Crippen LogP contribution in [0.15, 0.2) is 24.3 Å². The van der Waals surface area contributed by atoms with Gasteiger partial charge in [-0.15, -0.1) is 0 Å². The van der Waals surface area contributed by atoms with Crippen LogP contribution < -0.4 is 5.32 Å². The van der Waals surface area contributed by atoms with Crippen molar-refractivity contribution in [3.05, 3.63) is 29.0 Å². The van der Waals surface area contributed by atoms with E-state index in [0.717, 1.165) is 16.7 Å². The number of benzene rings is 1. The molecule has 1 fully saturated rings. The van der Waals surface area contributed by atoms with Crippen molar-refractivity contribution in [3.8, 4) is 0 Å². The highest BCUT2D eigenvalue weighted by atomic mass is 32.2. The molecule has 0 spiro atoms. The lowest BCUT2D eigenvalue weighted by Crippen LogP contribution is -2.20. The SMILES string of the molecule is O=S1(=O)C[C@@H]2[C@@H](C1)Nc1c3ccccc3nc(=S)n12. The maximum atomic E-state index is 11.7. The van der Waals surface area contributed by atoms with Crippen LogP contribution >= 0.6 is 12.2 Å². The third-order valence-corrected chi connectivity index (χ3v) is 5.80. The second-order valence-electron chi connectivity index (χ2n) is 5.03. The van der Waals surface area contributed by atoms with Crippen LogP contribution in [0.3, 0.4) is 0 Å². The molecule has 5 nitrogen and oxygen atoms in total. The van der Waals surface area contributed by atoms with Crippen LogP contribution in [0.5, 0.6) is 0 Å². The Bertz CT molecular complexity index is 857. The van der Waals surface area contributed by atoms with E-state index >= 15 is 0 Å². The zero-order valence-corrected chi connectivity index (χ0v) is 11.5. The van der Waals surface area contributed by atoms with Gasteiger partial charge in [-0.25, -0.2) is 13.4 Å². The van der Waals surface area contributed by atoms with Gasteiger partial charge in [-0.2, -0.15) is 0 Å². The predicted octanol–water partition coefficient (Wildman–Crippen LogP) is 1.53. The fourth-order valence-corrected chi connectivity index (χ4v) is 5.22. The molecule has 0 bridgehead atoms. The first kappa shape index (κ1) is 11.4. The lowest BCUT2D eigenvalue weighted by Gasteiger charge is -2.11. The molecule has 0 saturated carbocycles. The van der Waals surface area contributed by atoms with Crippen LogP contribution in [-0.4, -0.2) is 35.5 Å². The minimum atomic E-state index is -2.98. The highest BCUT2D eigenvalue weighted by Gasteiger charge is 2.44. The maximum Gasteiger partial charge on any atom is 0.201 e. The molecule has 0 unspecified atom stereocenters. The molecule has 2 aromatic rings. The summed E-state index contributed by atoms with van der Waals surface area (Å²) >= 11 is 5.32. The molecule has 0 aliphatic carbocycles. The standard InChI is InChI=1S/C12H11N3O2S2/c16-19(17)5-9-10(6-19)15-11(13-9)7-3-1-2-4-8(7)14-12(15)18/h1-4,9-10,13H,5-6H2/t9-,10-/m1/s1. The summed E-state index contributed by atoms with van der Waals surface area (Å²) in [5.41, 5.74) is 0.842. The van der Waals surface area contributed by atoms with E-state index in [1.165, 1.54) is 0 Å². The summed E-state index contributed by atoms with van der Waals surface area (Å²) in [6.07, 6.45) is 0. The monoisotopic (exact) mass is 293 g/mol. The predicted molar refractivity (Wildman–Crippen MR) is 75.7 cm³/mol. The average molecular weight is 293 g/mol. The van der Waals surface area contributed by atoms with E-state index in [9.17, 15) is 8.42 Å². The highest BCUT2D eigenvalue weighted by molar-refractivity contribution is 7.91. The zero-order chi connectivity index (χ0) is 13.2. The van der Waals surface area contributed by atoms with Crippen molar-refractivity contribution in [3.63, 3.8) is 0 Å². The topological polar surface area (TPSA) is 64.0 Å². The Labute approximate surface area is 115 Å². The summed E-state index contributed by atoms with van der Waals surface area (Å²) in [4.78, 5) is 4.40. The Balaban J connectivity index is 2.02. The number of fused-ring (bicyclic) bond motifs is 5. The fraction of sp³-hybridized carbons (Fsp3) is 0.333. The molecule has 2 aliphatic heterocycles. The summed E-state index contributed by atoms with van der Waals surface area (Å²) in [6, 6.07) is 7.55. The quantitative estimate of drug-likeness (QED) is 0.746. The van der Waals surface area contributed by atoms with Crippen molar-refractivity contribution in [2.45, 2.75) is 12.1 Å². The van der Waals surface area contributed by atoms with Crippen LogP contribution in [-0.2, 0) is 9.84 Å². The van der Waals surface area contributed by atoms with Gasteiger partial charge in [-0.3, -0.25) is 4.57 Å². The molecule has 1 aromatic heterocycles. The van der Waals surface area contributed by atoms with E-state index in [2.05, 4.69) is 10.3 Å². The number of nitrogens with zero attached hydrogens (tertiary/aromatic N) is 2. The highest BCUT2D eigenvalue weighted by Crippen LogP contribution is 2.38. The lowest BCUT2D eigenvalue weighted by molar-refractivity contribution is 0.559. The number of sulfone groups is 1. The summed E-state index contributed by atoms with van der Waals surface area (Å²) in [6.45, 7) is 0. The fourth-order valence-electron chi connectivity index (χ4n) is 3.01. The molecule has 2 atom stereocenters. The van der Waals surface area contributed by atoms with Crippen molar-refractivity contribution in [2.75, 3.05) is 16.8 Å². The minimum Gasteiger partial charge on any atom is -0.365 e. The summed E-state index contributed by atoms with van der Waals surface area (Å²) in [7, 11) is -2.98. The van der Waals surface area contributed by atoms with Crippen LogP contribution in [0.1, 0.15) is 6.04 Å². The molecule has 3 heterocycles. The minimum absolute atomic E-state index is 0.0840. The van der Waals surface area contributed by atoms with Crippen molar-refractivity contribution in [1.82, 2.24) is 9.55 Å². The van der Waals surface area contributed by atoms with Gasteiger partial charge >= 0.3 is 0 Å². The first-order valence-electron chi connectivity index (χ1n) is 6.03. The number of aromatic nitrogens is 2. The van der Waals surface area contributed by atoms with Crippen molar-refractivity contribution >= 4 is 38.8 Å². The second kappa shape index (κ2) is 3.55. The molecule has 1 aromatic carbocycles. The molecule has 19 heavy (non-hydrogen) atoms. The molecular formula is C12H11N3O2S2. The third kappa shape index (κ3) is 1.54. The van der Waals surface area contributed by atoms with Gasteiger partial charge in [-0.05, 0) is 24.4 Å². The third-order valence-electron chi connectivity index (χ3n) is 3.80. The van der Waals surface area contributed by atoms with Crippen molar-refractivity contribution < 1.29 is 8.42 Å². The van der Waals surface area contributed by atoms with Crippen molar-refractivity contribution in [1.29, 1.82) is 0 Å². The summed E-state index contributed by atoms with van der Waals surface area (Å²) in [5, 5.41) is 4.30. The molecule has 7 heteroatoms. The molecule has 2 aliphatic rings. The van der Waals surface area contributed by atoms with Gasteiger partial charge in [0, 0.05) is 5.39 Å². The summed E-state index contributed by atoms with van der Waals surface area (Å²) in [5.74, 6) is 1.22. The first-order valence-corrected chi connectivity index (χ1v) is 8.26. The smallest absolute Gasteiger partial charge is 0.201 e. The second-order valence-corrected chi connectivity index (χ2v) is 7.54. The van der Waals surface area contributed by atoms with Gasteiger partial charge in [0.2, 0.25) is 4.77 Å². The van der Waals surface area contributed by atoms with E-state index in [0.29, 0.717) is 4.77 Å². The van der Waals surface area contributed by atoms with E-state index < -0.39 is 9.84 Å². The zero-order valence-electron chi connectivity index (χ0n) is 9.91. The largest absolute Gasteiger partial charge is 0.365 e. The van der Waals surface area contributed by atoms with Gasteiger partial charge in [-0.1, -0.05) is 12.1 Å². The number of hydrogen-bond donors (Lipinski definition) is 1. The van der Waals surface area contributed by atoms with Gasteiger partial charge in [0.25, 0.3) is 0 Å². The Morgan fingerprint density at radius 2 is 2.11 bits per heavy atom. The van der Waals surface area contributed by atoms with Gasteiger partial charge < -0.3 is 5.32 Å². The molecular weight excluding hydrogens is 282 g/mol. The lowest BCUT2D eigenvalue weighted by atomic mass is 10.2. The Kier molecular flexibility index (Phi) is 2.12. The number of hydrogen-bond acceptors (Lipinski definition) is 5. The first-order chi connectivity index (χ1) is 9.05. The number of nitrogens with one attached hydrogen (secondary N) is 1. The summed E-state index contributed by atoms with van der Waals surface area (Å²) < 4.78 is 25.8. The van der Waals surface area contributed by atoms with E-state index in [1.807, 2.05) is 28.8 Å². The Hall–Kier alpha value is -1.47. The maximum absolute atomic E-state index is 11.7. The van der Waals surface area contributed by atoms with Crippen LogP contribution in [0.2, 0.25) is 0 Å². The number of rotatable bonds is 0. The number of para-hydroxylation sites is 1. The average Bonchev–Trinajstić information content (AvgIpc) is 2.81. The Morgan fingerprint density at radius 3 is 2.95 bits per heavy atom. The van der Waals surface area contributed by atoms with E-state index in [-0.39, 0.29) is 23.6 Å². The molecule has 1 N–H and O–H groups in total. The number of anilines is 1. The molecule has 1 saturated heterocycles. The van der Waals surface area contributed by atoms with Crippen LogP contribution in [0.25, 0.3) is 10.9 Å². The van der Waals surface area contributed by atoms with Crippen molar-refractivity contribution in [2.24, 2.45) is 0 Å². The van der Waals surface area contributed by atoms with Crippen LogP contribution in [0.4, 0.5) is 5.82 Å². The van der Waals surface area contributed by atoms with Crippen LogP contribution in [0, 0.1) is 4.77 Å². The van der Waals surface area contributed by atoms with Gasteiger partial charge in [0.1, 0.15) is 5.82 Å². The van der Waals surface area contributed by atoms with E-state index in [4.69, 9.17) is 12.2 Å². The van der Waals surface area contributed by atoms with Gasteiger partial charge in [0.05, 0.1) is 29.1 Å². The molecule has 4 rings (SSSR count). The van der Waals surface area contributed by atoms with E-state index in [1.54, 1.807) is 0 Å². The molecule has 0 amide bonds.